The predicted octanol–water partition coefficient (Wildman–Crippen LogP) is 1.64. The Labute approximate surface area is 81.7 Å². The highest BCUT2D eigenvalue weighted by atomic mass is 19.4. The molecule has 84 valence electrons. The lowest BCUT2D eigenvalue weighted by Gasteiger charge is -2.34. The van der Waals surface area contributed by atoms with E-state index in [1.807, 2.05) is 6.92 Å². The summed E-state index contributed by atoms with van der Waals surface area (Å²) in [4.78, 5) is 1.77. The largest absolute Gasteiger partial charge is 0.393 e. The summed E-state index contributed by atoms with van der Waals surface area (Å²) in [6.07, 6.45) is -4.59. The molecule has 1 aliphatic heterocycles. The maximum Gasteiger partial charge on any atom is 0.390 e. The topological polar surface area (TPSA) is 23.5 Å². The van der Waals surface area contributed by atoms with Gasteiger partial charge in [0.2, 0.25) is 0 Å². The summed E-state index contributed by atoms with van der Waals surface area (Å²) in [5.41, 5.74) is 0. The molecule has 0 aromatic rings. The van der Waals surface area contributed by atoms with Crippen LogP contribution in [0.25, 0.3) is 0 Å². The summed E-state index contributed by atoms with van der Waals surface area (Å²) in [5.74, 6) is 0.0805. The van der Waals surface area contributed by atoms with Gasteiger partial charge in [0.15, 0.2) is 0 Å². The van der Waals surface area contributed by atoms with Gasteiger partial charge in [0.05, 0.1) is 12.5 Å². The molecule has 0 bridgehead atoms. The lowest BCUT2D eigenvalue weighted by molar-refractivity contribution is -0.139. The highest BCUT2D eigenvalue weighted by molar-refractivity contribution is 4.77. The van der Waals surface area contributed by atoms with Gasteiger partial charge in [-0.2, -0.15) is 13.2 Å². The number of hydrogen-bond acceptors (Lipinski definition) is 2. The molecule has 1 rings (SSSR count). The van der Waals surface area contributed by atoms with Crippen LogP contribution in [0, 0.1) is 5.92 Å². The maximum absolute atomic E-state index is 11.9. The summed E-state index contributed by atoms with van der Waals surface area (Å²) < 4.78 is 35.7. The zero-order valence-corrected chi connectivity index (χ0v) is 8.22. The van der Waals surface area contributed by atoms with Crippen molar-refractivity contribution in [1.29, 1.82) is 0 Å². The van der Waals surface area contributed by atoms with E-state index < -0.39 is 12.6 Å². The van der Waals surface area contributed by atoms with E-state index in [0.717, 1.165) is 0 Å². The number of likely N-dealkylation sites (tertiary alicyclic amines) is 1. The van der Waals surface area contributed by atoms with Crippen molar-refractivity contribution in [2.75, 3.05) is 19.6 Å². The fourth-order valence-electron chi connectivity index (χ4n) is 1.71. The number of nitrogens with zero attached hydrogens (tertiary/aromatic N) is 1. The van der Waals surface area contributed by atoms with E-state index in [0.29, 0.717) is 19.5 Å². The quantitative estimate of drug-likeness (QED) is 0.750. The second kappa shape index (κ2) is 4.49. The first kappa shape index (κ1) is 11.8. The van der Waals surface area contributed by atoms with Gasteiger partial charge in [0.25, 0.3) is 0 Å². The van der Waals surface area contributed by atoms with Crippen molar-refractivity contribution in [3.8, 4) is 0 Å². The Morgan fingerprint density at radius 3 is 2.57 bits per heavy atom. The molecule has 0 spiro atoms. The van der Waals surface area contributed by atoms with Crippen molar-refractivity contribution in [1.82, 2.24) is 4.90 Å². The normalized spacial score (nSPS) is 30.6. The van der Waals surface area contributed by atoms with E-state index in [4.69, 9.17) is 0 Å². The molecule has 5 heteroatoms. The number of halogens is 3. The molecule has 2 unspecified atom stereocenters. The molecule has 2 nitrogen and oxygen atoms in total. The molecule has 1 N–H and O–H groups in total. The molecular formula is C9H16F3NO. The van der Waals surface area contributed by atoms with Crippen molar-refractivity contribution in [2.24, 2.45) is 5.92 Å². The highest BCUT2D eigenvalue weighted by Gasteiger charge is 2.30. The zero-order chi connectivity index (χ0) is 10.8. The monoisotopic (exact) mass is 211 g/mol. The Bertz CT molecular complexity index is 183. The standard InChI is InChI=1S/C9H16F3NO/c1-7-6-13(4-2-8(7)14)5-3-9(10,11)12/h7-8,14H,2-6H2,1H3. The molecule has 0 amide bonds. The maximum atomic E-state index is 11.9. The molecule has 1 aliphatic rings. The van der Waals surface area contributed by atoms with Crippen LogP contribution >= 0.6 is 0 Å². The van der Waals surface area contributed by atoms with Crippen LogP contribution in [-0.2, 0) is 0 Å². The Hall–Kier alpha value is -0.290. The lowest BCUT2D eigenvalue weighted by Crippen LogP contribution is -2.43. The second-order valence-corrected chi connectivity index (χ2v) is 4.00. The zero-order valence-electron chi connectivity index (χ0n) is 8.22. The van der Waals surface area contributed by atoms with Crippen LogP contribution in [0.15, 0.2) is 0 Å². The van der Waals surface area contributed by atoms with Crippen molar-refractivity contribution in [3.05, 3.63) is 0 Å². The Kier molecular flexibility index (Phi) is 3.78. The van der Waals surface area contributed by atoms with Gasteiger partial charge in [-0.05, 0) is 12.3 Å². The van der Waals surface area contributed by atoms with Crippen LogP contribution in [0.5, 0.6) is 0 Å². The summed E-state index contributed by atoms with van der Waals surface area (Å²) >= 11 is 0. The van der Waals surface area contributed by atoms with E-state index in [1.165, 1.54) is 0 Å². The number of rotatable bonds is 2. The Morgan fingerprint density at radius 2 is 2.07 bits per heavy atom. The number of alkyl halides is 3. The van der Waals surface area contributed by atoms with Gasteiger partial charge in [-0.25, -0.2) is 0 Å². The average molecular weight is 211 g/mol. The van der Waals surface area contributed by atoms with Crippen LogP contribution in [0.4, 0.5) is 13.2 Å². The van der Waals surface area contributed by atoms with Crippen molar-refractivity contribution in [2.45, 2.75) is 32.0 Å². The van der Waals surface area contributed by atoms with Gasteiger partial charge in [0.1, 0.15) is 0 Å². The summed E-state index contributed by atoms with van der Waals surface area (Å²) in [7, 11) is 0. The number of hydrogen-bond donors (Lipinski definition) is 1. The van der Waals surface area contributed by atoms with Crippen LogP contribution in [0.1, 0.15) is 19.8 Å². The second-order valence-electron chi connectivity index (χ2n) is 4.00. The third-order valence-corrected chi connectivity index (χ3v) is 2.66. The summed E-state index contributed by atoms with van der Waals surface area (Å²) in [6, 6.07) is 0. The molecule has 2 atom stereocenters. The first-order valence-electron chi connectivity index (χ1n) is 4.85. The molecular weight excluding hydrogens is 195 g/mol. The number of aliphatic hydroxyl groups excluding tert-OH is 1. The van der Waals surface area contributed by atoms with Gasteiger partial charge in [-0.3, -0.25) is 0 Å². The van der Waals surface area contributed by atoms with E-state index >= 15 is 0 Å². The van der Waals surface area contributed by atoms with Gasteiger partial charge >= 0.3 is 6.18 Å². The van der Waals surface area contributed by atoms with E-state index in [-0.39, 0.29) is 18.6 Å². The van der Waals surface area contributed by atoms with E-state index in [9.17, 15) is 18.3 Å². The van der Waals surface area contributed by atoms with Crippen molar-refractivity contribution in [3.63, 3.8) is 0 Å². The third-order valence-electron chi connectivity index (χ3n) is 2.66. The Balaban J connectivity index is 2.27. The lowest BCUT2D eigenvalue weighted by atomic mass is 9.97. The van der Waals surface area contributed by atoms with Gasteiger partial charge in [0, 0.05) is 19.6 Å². The molecule has 0 radical (unpaired) electrons. The smallest absolute Gasteiger partial charge is 0.390 e. The van der Waals surface area contributed by atoms with Gasteiger partial charge < -0.3 is 10.0 Å². The fraction of sp³-hybridized carbons (Fsp3) is 1.00. The van der Waals surface area contributed by atoms with Crippen molar-refractivity contribution < 1.29 is 18.3 Å². The average Bonchev–Trinajstić information content (AvgIpc) is 2.06. The molecule has 0 aromatic heterocycles. The van der Waals surface area contributed by atoms with Crippen LogP contribution in [0.3, 0.4) is 0 Å². The van der Waals surface area contributed by atoms with Gasteiger partial charge in [-0.1, -0.05) is 6.92 Å². The molecule has 1 saturated heterocycles. The molecule has 0 aliphatic carbocycles. The van der Waals surface area contributed by atoms with Crippen LogP contribution in [-0.4, -0.2) is 41.9 Å². The first-order valence-corrected chi connectivity index (χ1v) is 4.85. The van der Waals surface area contributed by atoms with E-state index in [1.54, 1.807) is 4.90 Å². The summed E-state index contributed by atoms with van der Waals surface area (Å²) in [6.45, 7) is 3.06. The van der Waals surface area contributed by atoms with E-state index in [2.05, 4.69) is 0 Å². The minimum Gasteiger partial charge on any atom is -0.393 e. The molecule has 0 aromatic carbocycles. The predicted molar refractivity (Wildman–Crippen MR) is 46.9 cm³/mol. The molecule has 1 heterocycles. The minimum absolute atomic E-state index is 0.0561. The number of piperidine rings is 1. The minimum atomic E-state index is -4.07. The van der Waals surface area contributed by atoms with Crippen molar-refractivity contribution >= 4 is 0 Å². The first-order chi connectivity index (χ1) is 6.38. The summed E-state index contributed by atoms with van der Waals surface area (Å²) in [5, 5.41) is 9.37. The molecule has 0 saturated carbocycles. The van der Waals surface area contributed by atoms with Crippen LogP contribution in [0.2, 0.25) is 0 Å². The highest BCUT2D eigenvalue weighted by Crippen LogP contribution is 2.22. The fourth-order valence-corrected chi connectivity index (χ4v) is 1.71. The third kappa shape index (κ3) is 3.84. The number of aliphatic hydroxyl groups is 1. The van der Waals surface area contributed by atoms with Crippen LogP contribution < -0.4 is 0 Å². The molecule has 14 heavy (non-hydrogen) atoms. The SMILES string of the molecule is CC1CN(CCC(F)(F)F)CCC1O. The molecule has 1 fully saturated rings. The Morgan fingerprint density at radius 1 is 1.43 bits per heavy atom. The van der Waals surface area contributed by atoms with Gasteiger partial charge in [-0.15, -0.1) is 0 Å².